The SMILES string of the molecule is O=C1C(=O)N(CCOCCO)C(c2ccccc2Cl)C1=C(O)c1ccc(Br)cc1. The number of ether oxygens (including phenoxy) is 1. The Bertz CT molecular complexity index is 944. The number of rotatable bonds is 7. The van der Waals surface area contributed by atoms with E-state index in [4.69, 9.17) is 21.4 Å². The van der Waals surface area contributed by atoms with Crippen molar-refractivity contribution in [2.75, 3.05) is 26.4 Å². The highest BCUT2D eigenvalue weighted by molar-refractivity contribution is 9.10. The summed E-state index contributed by atoms with van der Waals surface area (Å²) in [7, 11) is 0. The molecule has 6 nitrogen and oxygen atoms in total. The minimum Gasteiger partial charge on any atom is -0.507 e. The number of aliphatic hydroxyl groups is 2. The topological polar surface area (TPSA) is 87.1 Å². The van der Waals surface area contributed by atoms with E-state index < -0.39 is 17.7 Å². The van der Waals surface area contributed by atoms with Crippen LogP contribution in [0.5, 0.6) is 0 Å². The van der Waals surface area contributed by atoms with Crippen LogP contribution in [-0.4, -0.2) is 53.2 Å². The largest absolute Gasteiger partial charge is 0.507 e. The standard InChI is InChI=1S/C21H19BrClNO5/c22-14-7-5-13(6-8-14)19(26)17-18(15-3-1-2-4-16(15)23)24(21(28)20(17)27)9-11-29-12-10-25/h1-8,18,25-26H,9-12H2. The van der Waals surface area contributed by atoms with Gasteiger partial charge in [-0.1, -0.05) is 57.9 Å². The molecule has 3 rings (SSSR count). The molecule has 1 heterocycles. The number of nitrogens with zero attached hydrogens (tertiary/aromatic N) is 1. The summed E-state index contributed by atoms with van der Waals surface area (Å²) in [6.07, 6.45) is 0. The predicted molar refractivity (Wildman–Crippen MR) is 113 cm³/mol. The van der Waals surface area contributed by atoms with Crippen molar-refractivity contribution in [3.8, 4) is 0 Å². The van der Waals surface area contributed by atoms with Gasteiger partial charge >= 0.3 is 0 Å². The summed E-state index contributed by atoms with van der Waals surface area (Å²) in [6, 6.07) is 12.8. The highest BCUT2D eigenvalue weighted by atomic mass is 79.9. The molecular weight excluding hydrogens is 462 g/mol. The van der Waals surface area contributed by atoms with Crippen molar-refractivity contribution in [2.24, 2.45) is 0 Å². The lowest BCUT2D eigenvalue weighted by Crippen LogP contribution is -2.33. The van der Waals surface area contributed by atoms with E-state index in [0.717, 1.165) is 4.47 Å². The van der Waals surface area contributed by atoms with Crippen LogP contribution in [0.25, 0.3) is 5.76 Å². The fraction of sp³-hybridized carbons (Fsp3) is 0.238. The van der Waals surface area contributed by atoms with Gasteiger partial charge in [-0.2, -0.15) is 0 Å². The average molecular weight is 481 g/mol. The van der Waals surface area contributed by atoms with Crippen molar-refractivity contribution in [1.82, 2.24) is 4.90 Å². The number of amides is 1. The summed E-state index contributed by atoms with van der Waals surface area (Å²) in [5, 5.41) is 20.1. The number of carbonyl (C=O) groups is 2. The van der Waals surface area contributed by atoms with Crippen molar-refractivity contribution in [1.29, 1.82) is 0 Å². The van der Waals surface area contributed by atoms with Crippen molar-refractivity contribution in [3.63, 3.8) is 0 Å². The number of Topliss-reactive ketones (excluding diaryl/α,β-unsaturated/α-hetero) is 1. The fourth-order valence-corrected chi connectivity index (χ4v) is 3.73. The molecule has 0 aromatic heterocycles. The molecule has 2 N–H and O–H groups in total. The first-order valence-electron chi connectivity index (χ1n) is 8.93. The minimum absolute atomic E-state index is 0.0208. The smallest absolute Gasteiger partial charge is 0.295 e. The molecule has 29 heavy (non-hydrogen) atoms. The van der Waals surface area contributed by atoms with Gasteiger partial charge in [0, 0.05) is 21.6 Å². The fourth-order valence-electron chi connectivity index (χ4n) is 3.22. The Kier molecular flexibility index (Phi) is 7.08. The Morgan fingerprint density at radius 1 is 1.10 bits per heavy atom. The number of ketones is 1. The van der Waals surface area contributed by atoms with Gasteiger partial charge in [-0.15, -0.1) is 0 Å². The molecule has 1 atom stereocenters. The Morgan fingerprint density at radius 3 is 2.45 bits per heavy atom. The van der Waals surface area contributed by atoms with E-state index in [0.29, 0.717) is 16.1 Å². The average Bonchev–Trinajstić information content (AvgIpc) is 2.96. The Balaban J connectivity index is 2.08. The Hall–Kier alpha value is -2.19. The first-order valence-corrected chi connectivity index (χ1v) is 10.1. The first kappa shape index (κ1) is 21.5. The summed E-state index contributed by atoms with van der Waals surface area (Å²) in [5.41, 5.74) is 0.932. The van der Waals surface area contributed by atoms with Gasteiger partial charge in [-0.25, -0.2) is 0 Å². The van der Waals surface area contributed by atoms with Crippen molar-refractivity contribution < 1.29 is 24.5 Å². The van der Waals surface area contributed by atoms with Gasteiger partial charge in [0.25, 0.3) is 11.7 Å². The molecule has 152 valence electrons. The molecular formula is C21H19BrClNO5. The molecule has 1 fully saturated rings. The van der Waals surface area contributed by atoms with Crippen LogP contribution in [0.15, 0.2) is 58.6 Å². The van der Waals surface area contributed by atoms with E-state index in [1.807, 2.05) is 0 Å². The molecule has 1 unspecified atom stereocenters. The third kappa shape index (κ3) is 4.53. The van der Waals surface area contributed by atoms with Gasteiger partial charge in [0.1, 0.15) is 5.76 Å². The number of aliphatic hydroxyl groups excluding tert-OH is 2. The van der Waals surface area contributed by atoms with Gasteiger partial charge in [0.15, 0.2) is 0 Å². The third-order valence-electron chi connectivity index (χ3n) is 4.57. The van der Waals surface area contributed by atoms with Gasteiger partial charge in [0.05, 0.1) is 31.4 Å². The van der Waals surface area contributed by atoms with Crippen molar-refractivity contribution in [2.45, 2.75) is 6.04 Å². The molecule has 1 aliphatic heterocycles. The van der Waals surface area contributed by atoms with Crippen LogP contribution in [-0.2, 0) is 14.3 Å². The van der Waals surface area contributed by atoms with E-state index in [-0.39, 0.29) is 37.7 Å². The van der Waals surface area contributed by atoms with Crippen LogP contribution in [0.4, 0.5) is 0 Å². The molecule has 2 aromatic rings. The molecule has 1 aliphatic rings. The quantitative estimate of drug-likeness (QED) is 0.274. The van der Waals surface area contributed by atoms with Gasteiger partial charge < -0.3 is 19.8 Å². The van der Waals surface area contributed by atoms with Crippen LogP contribution in [0.2, 0.25) is 5.02 Å². The van der Waals surface area contributed by atoms with Gasteiger partial charge in [-0.3, -0.25) is 9.59 Å². The van der Waals surface area contributed by atoms with E-state index in [2.05, 4.69) is 15.9 Å². The third-order valence-corrected chi connectivity index (χ3v) is 5.44. The summed E-state index contributed by atoms with van der Waals surface area (Å²) in [6.45, 7) is 0.223. The predicted octanol–water partition coefficient (Wildman–Crippen LogP) is 3.53. The van der Waals surface area contributed by atoms with E-state index in [1.54, 1.807) is 48.5 Å². The zero-order valence-corrected chi connectivity index (χ0v) is 17.7. The molecule has 0 spiro atoms. The summed E-state index contributed by atoms with van der Waals surface area (Å²) in [4.78, 5) is 26.9. The monoisotopic (exact) mass is 479 g/mol. The second-order valence-electron chi connectivity index (χ2n) is 6.36. The molecule has 0 saturated carbocycles. The second-order valence-corrected chi connectivity index (χ2v) is 7.68. The zero-order chi connectivity index (χ0) is 21.0. The molecule has 0 aliphatic carbocycles. The molecule has 2 aromatic carbocycles. The lowest BCUT2D eigenvalue weighted by molar-refractivity contribution is -0.140. The highest BCUT2D eigenvalue weighted by Crippen LogP contribution is 2.41. The Morgan fingerprint density at radius 2 is 1.79 bits per heavy atom. The summed E-state index contributed by atoms with van der Waals surface area (Å²) >= 11 is 9.69. The van der Waals surface area contributed by atoms with Crippen LogP contribution in [0.1, 0.15) is 17.2 Å². The number of hydrogen-bond acceptors (Lipinski definition) is 5. The van der Waals surface area contributed by atoms with Crippen LogP contribution in [0, 0.1) is 0 Å². The molecule has 1 saturated heterocycles. The number of carbonyl (C=O) groups excluding carboxylic acids is 2. The first-order chi connectivity index (χ1) is 14.0. The van der Waals surface area contributed by atoms with Crippen LogP contribution in [0.3, 0.4) is 0 Å². The van der Waals surface area contributed by atoms with E-state index in [9.17, 15) is 14.7 Å². The maximum Gasteiger partial charge on any atom is 0.295 e. The van der Waals surface area contributed by atoms with E-state index in [1.165, 1.54) is 4.90 Å². The molecule has 8 heteroatoms. The van der Waals surface area contributed by atoms with Gasteiger partial charge in [-0.05, 0) is 23.8 Å². The molecule has 0 bridgehead atoms. The Labute approximate surface area is 181 Å². The normalized spacial score (nSPS) is 18.4. The van der Waals surface area contributed by atoms with Crippen LogP contribution < -0.4 is 0 Å². The van der Waals surface area contributed by atoms with E-state index >= 15 is 0 Å². The number of benzene rings is 2. The van der Waals surface area contributed by atoms with Gasteiger partial charge in [0.2, 0.25) is 0 Å². The van der Waals surface area contributed by atoms with Crippen molar-refractivity contribution in [3.05, 3.63) is 74.7 Å². The summed E-state index contributed by atoms with van der Waals surface area (Å²) < 4.78 is 6.08. The number of halogens is 2. The number of hydrogen-bond donors (Lipinski definition) is 2. The van der Waals surface area contributed by atoms with Crippen molar-refractivity contribution >= 4 is 45.0 Å². The lowest BCUT2D eigenvalue weighted by Gasteiger charge is -2.26. The molecule has 0 radical (unpaired) electrons. The van der Waals surface area contributed by atoms with Crippen LogP contribution >= 0.6 is 27.5 Å². The minimum atomic E-state index is -0.843. The maximum absolute atomic E-state index is 12.8. The lowest BCUT2D eigenvalue weighted by atomic mass is 9.95. The number of likely N-dealkylation sites (tertiary alicyclic amines) is 1. The zero-order valence-electron chi connectivity index (χ0n) is 15.3. The highest BCUT2D eigenvalue weighted by Gasteiger charge is 2.46. The maximum atomic E-state index is 12.8. The molecule has 1 amide bonds. The summed E-state index contributed by atoms with van der Waals surface area (Å²) in [5.74, 6) is -1.78. The second kappa shape index (κ2) is 9.54.